The van der Waals surface area contributed by atoms with Gasteiger partial charge in [0.2, 0.25) is 5.13 Å². The highest BCUT2D eigenvalue weighted by Crippen LogP contribution is 2.40. The first-order valence-corrected chi connectivity index (χ1v) is 11.6. The van der Waals surface area contributed by atoms with Crippen molar-refractivity contribution in [3.8, 4) is 11.3 Å². The van der Waals surface area contributed by atoms with Crippen LogP contribution in [0.4, 0.5) is 16.5 Å². The van der Waals surface area contributed by atoms with E-state index in [1.54, 1.807) is 35.6 Å². The average molecular weight is 478 g/mol. The van der Waals surface area contributed by atoms with E-state index in [4.69, 9.17) is 10.1 Å². The molecule has 9 nitrogen and oxygen atoms in total. The van der Waals surface area contributed by atoms with Crippen LogP contribution in [-0.2, 0) is 0 Å². The fraction of sp³-hybridized carbons (Fsp3) is 0.0909. The monoisotopic (exact) mass is 477 g/mol. The molecule has 0 aliphatic carbocycles. The van der Waals surface area contributed by atoms with Crippen LogP contribution in [0.3, 0.4) is 0 Å². The second kappa shape index (κ2) is 8.52. The summed E-state index contributed by atoms with van der Waals surface area (Å²) < 4.78 is 0. The number of thiazole rings is 1. The summed E-state index contributed by atoms with van der Waals surface area (Å²) in [5.74, 6) is 0. The Hall–Kier alpha value is -3.96. The van der Waals surface area contributed by atoms with Crippen LogP contribution in [0.2, 0.25) is 0 Å². The molecular formula is C22H15N5O4S2. The van der Waals surface area contributed by atoms with Crippen LogP contribution in [-0.4, -0.2) is 20.5 Å². The first-order chi connectivity index (χ1) is 16.0. The number of nitro benzene ring substituents is 2. The van der Waals surface area contributed by atoms with E-state index in [0.717, 1.165) is 21.7 Å². The molecule has 11 heteroatoms. The van der Waals surface area contributed by atoms with E-state index >= 15 is 0 Å². The van der Waals surface area contributed by atoms with Crippen LogP contribution >= 0.6 is 22.7 Å². The zero-order chi connectivity index (χ0) is 22.9. The maximum atomic E-state index is 11.1. The first kappa shape index (κ1) is 20.9. The molecule has 0 amide bonds. The van der Waals surface area contributed by atoms with Gasteiger partial charge in [-0.05, 0) is 29.1 Å². The third kappa shape index (κ3) is 4.11. The number of anilines is 1. The van der Waals surface area contributed by atoms with Crippen molar-refractivity contribution in [2.45, 2.75) is 12.5 Å². The Morgan fingerprint density at radius 2 is 1.58 bits per heavy atom. The van der Waals surface area contributed by atoms with E-state index in [1.165, 1.54) is 35.6 Å². The van der Waals surface area contributed by atoms with Crippen LogP contribution in [0.15, 0.2) is 76.5 Å². The Kier molecular flexibility index (Phi) is 5.40. The van der Waals surface area contributed by atoms with E-state index in [2.05, 4.69) is 0 Å². The molecule has 1 aliphatic rings. The van der Waals surface area contributed by atoms with E-state index in [9.17, 15) is 20.2 Å². The Labute approximate surface area is 195 Å². The van der Waals surface area contributed by atoms with Gasteiger partial charge < -0.3 is 0 Å². The van der Waals surface area contributed by atoms with Crippen LogP contribution in [0.25, 0.3) is 11.3 Å². The highest BCUT2D eigenvalue weighted by Gasteiger charge is 2.32. The summed E-state index contributed by atoms with van der Waals surface area (Å²) in [4.78, 5) is 26.9. The molecule has 4 aromatic rings. The van der Waals surface area contributed by atoms with Crippen LogP contribution < -0.4 is 5.01 Å². The fourth-order valence-electron chi connectivity index (χ4n) is 3.61. The molecule has 0 radical (unpaired) electrons. The Morgan fingerprint density at radius 3 is 2.18 bits per heavy atom. The number of thiophene rings is 1. The van der Waals surface area contributed by atoms with Crippen molar-refractivity contribution < 1.29 is 9.85 Å². The molecule has 3 heterocycles. The summed E-state index contributed by atoms with van der Waals surface area (Å²) in [5.41, 5.74) is 3.38. The molecule has 0 saturated carbocycles. The minimum atomic E-state index is -0.434. The lowest BCUT2D eigenvalue weighted by atomic mass is 10.0. The summed E-state index contributed by atoms with van der Waals surface area (Å²) in [7, 11) is 0. The second-order valence-corrected chi connectivity index (χ2v) is 9.04. The van der Waals surface area contributed by atoms with Gasteiger partial charge in [-0.3, -0.25) is 20.2 Å². The molecule has 0 N–H and O–H groups in total. The molecule has 1 aliphatic heterocycles. The second-order valence-electron chi connectivity index (χ2n) is 7.26. The van der Waals surface area contributed by atoms with Crippen molar-refractivity contribution in [2.24, 2.45) is 5.10 Å². The van der Waals surface area contributed by atoms with Crippen molar-refractivity contribution in [2.75, 3.05) is 5.01 Å². The van der Waals surface area contributed by atoms with Gasteiger partial charge in [0.25, 0.3) is 11.4 Å². The number of non-ortho nitro benzene ring substituents is 2. The third-order valence-electron chi connectivity index (χ3n) is 5.27. The van der Waals surface area contributed by atoms with Crippen LogP contribution in [0.5, 0.6) is 0 Å². The average Bonchev–Trinajstić information content (AvgIpc) is 3.59. The largest absolute Gasteiger partial charge is 0.269 e. The number of aromatic nitrogens is 1. The quantitative estimate of drug-likeness (QED) is 0.247. The molecule has 0 bridgehead atoms. The zero-order valence-electron chi connectivity index (χ0n) is 16.9. The molecule has 0 unspecified atom stereocenters. The molecule has 1 atom stereocenters. The Bertz CT molecular complexity index is 1350. The van der Waals surface area contributed by atoms with Gasteiger partial charge in [-0.25, -0.2) is 9.99 Å². The van der Waals surface area contributed by atoms with Crippen molar-refractivity contribution >= 4 is 44.9 Å². The van der Waals surface area contributed by atoms with Gasteiger partial charge in [0.1, 0.15) is 0 Å². The van der Waals surface area contributed by atoms with Crippen LogP contribution in [0.1, 0.15) is 22.9 Å². The lowest BCUT2D eigenvalue weighted by molar-refractivity contribution is -0.385. The minimum Gasteiger partial charge on any atom is -0.258 e. The summed E-state index contributed by atoms with van der Waals surface area (Å²) in [6, 6.07) is 16.6. The smallest absolute Gasteiger partial charge is 0.258 e. The molecule has 33 heavy (non-hydrogen) atoms. The predicted molar refractivity (Wildman–Crippen MR) is 128 cm³/mol. The number of benzene rings is 2. The molecule has 0 fully saturated rings. The molecule has 164 valence electrons. The number of nitrogens with zero attached hydrogens (tertiary/aromatic N) is 5. The fourth-order valence-corrected chi connectivity index (χ4v) is 5.17. The van der Waals surface area contributed by atoms with Crippen LogP contribution in [0, 0.1) is 20.2 Å². The Balaban J connectivity index is 1.49. The van der Waals surface area contributed by atoms with Gasteiger partial charge in [-0.15, -0.1) is 22.7 Å². The van der Waals surface area contributed by atoms with Gasteiger partial charge in [-0.1, -0.05) is 18.2 Å². The van der Waals surface area contributed by atoms with Crippen molar-refractivity contribution in [3.63, 3.8) is 0 Å². The predicted octanol–water partition coefficient (Wildman–Crippen LogP) is 6.04. The van der Waals surface area contributed by atoms with Crippen molar-refractivity contribution in [1.82, 2.24) is 4.98 Å². The molecule has 2 aromatic heterocycles. The molecule has 2 aromatic carbocycles. The minimum absolute atomic E-state index is 0.0252. The number of hydrogen-bond donors (Lipinski definition) is 0. The van der Waals surface area contributed by atoms with Gasteiger partial charge >= 0.3 is 0 Å². The van der Waals surface area contributed by atoms with Gasteiger partial charge in [0, 0.05) is 41.6 Å². The molecule has 0 spiro atoms. The van der Waals surface area contributed by atoms with E-state index in [0.29, 0.717) is 17.2 Å². The third-order valence-corrected chi connectivity index (χ3v) is 7.02. The Morgan fingerprint density at radius 1 is 0.909 bits per heavy atom. The number of rotatable bonds is 6. The van der Waals surface area contributed by atoms with Crippen molar-refractivity contribution in [3.05, 3.63) is 102 Å². The van der Waals surface area contributed by atoms with Gasteiger partial charge in [0.15, 0.2) is 0 Å². The topological polar surface area (TPSA) is 115 Å². The summed E-state index contributed by atoms with van der Waals surface area (Å²) in [5, 5.41) is 33.2. The van der Waals surface area contributed by atoms with E-state index in [-0.39, 0.29) is 17.4 Å². The lowest BCUT2D eigenvalue weighted by Gasteiger charge is -2.21. The molecule has 0 saturated heterocycles. The maximum Gasteiger partial charge on any atom is 0.269 e. The van der Waals surface area contributed by atoms with Crippen molar-refractivity contribution in [1.29, 1.82) is 0 Å². The highest BCUT2D eigenvalue weighted by molar-refractivity contribution is 7.14. The standard InChI is InChI=1S/C22H15N5O4S2/c28-26(29)16-7-3-14(4-8-16)19-13-33-22(23-19)25-20(12-18(24-25)21-2-1-11-32-21)15-5-9-17(10-6-15)27(30)31/h1-11,13,20H,12H2/t20-/m0/s1. The van der Waals surface area contributed by atoms with E-state index < -0.39 is 9.85 Å². The van der Waals surface area contributed by atoms with Gasteiger partial charge in [-0.2, -0.15) is 5.10 Å². The summed E-state index contributed by atoms with van der Waals surface area (Å²) >= 11 is 3.03. The highest BCUT2D eigenvalue weighted by atomic mass is 32.1. The summed E-state index contributed by atoms with van der Waals surface area (Å²) in [6.07, 6.45) is 0.644. The SMILES string of the molecule is O=[N+]([O-])c1ccc(-c2csc(N3N=C(c4cccs4)C[C@H]3c3ccc([N+](=O)[O-])cc3)n2)cc1. The van der Waals surface area contributed by atoms with E-state index in [1.807, 2.05) is 27.9 Å². The number of nitro groups is 2. The number of hydrazone groups is 1. The molecular weight excluding hydrogens is 462 g/mol. The van der Waals surface area contributed by atoms with Gasteiger partial charge in [0.05, 0.1) is 32.2 Å². The number of hydrogen-bond acceptors (Lipinski definition) is 9. The lowest BCUT2D eigenvalue weighted by Crippen LogP contribution is -2.18. The zero-order valence-corrected chi connectivity index (χ0v) is 18.5. The summed E-state index contributed by atoms with van der Waals surface area (Å²) in [6.45, 7) is 0. The molecule has 5 rings (SSSR count). The normalized spacial score (nSPS) is 15.5. The first-order valence-electron chi connectivity index (χ1n) is 9.85. The maximum absolute atomic E-state index is 11.1.